The molecule has 4 rings (SSSR count). The van der Waals surface area contributed by atoms with E-state index in [1.807, 2.05) is 30.5 Å². The fourth-order valence-corrected chi connectivity index (χ4v) is 6.00. The van der Waals surface area contributed by atoms with Gasteiger partial charge in [-0.1, -0.05) is 12.1 Å². The van der Waals surface area contributed by atoms with E-state index in [0.29, 0.717) is 37.6 Å². The molecule has 0 aliphatic carbocycles. The van der Waals surface area contributed by atoms with Crippen LogP contribution < -0.4 is 10.2 Å². The molecule has 9 heteroatoms. The number of carbonyl (C=O) groups excluding carboxylic acids is 1. The van der Waals surface area contributed by atoms with Crippen LogP contribution in [0.5, 0.6) is 0 Å². The third-order valence-electron chi connectivity index (χ3n) is 5.62. The second-order valence-corrected chi connectivity index (χ2v) is 10.3. The van der Waals surface area contributed by atoms with E-state index in [1.54, 1.807) is 18.2 Å². The largest absolute Gasteiger partial charge is 0.379 e. The van der Waals surface area contributed by atoms with E-state index in [-0.39, 0.29) is 10.8 Å². The van der Waals surface area contributed by atoms with Crippen molar-refractivity contribution in [2.45, 2.75) is 22.6 Å². The van der Waals surface area contributed by atoms with Gasteiger partial charge < -0.3 is 15.0 Å². The fraction of sp³-hybridized carbons (Fsp3) is 0.409. The Morgan fingerprint density at radius 2 is 1.74 bits per heavy atom. The predicted octanol–water partition coefficient (Wildman–Crippen LogP) is 3.28. The van der Waals surface area contributed by atoms with Gasteiger partial charge in [-0.15, -0.1) is 11.8 Å². The van der Waals surface area contributed by atoms with Gasteiger partial charge in [0.15, 0.2) is 0 Å². The molecule has 2 aliphatic heterocycles. The molecule has 0 aromatic heterocycles. The molecule has 1 N–H and O–H groups in total. The van der Waals surface area contributed by atoms with Crippen molar-refractivity contribution in [3.8, 4) is 0 Å². The van der Waals surface area contributed by atoms with E-state index in [4.69, 9.17) is 4.74 Å². The second-order valence-electron chi connectivity index (χ2n) is 7.54. The number of carbonyl (C=O) groups is 1. The fourth-order valence-electron chi connectivity index (χ4n) is 3.97. The van der Waals surface area contributed by atoms with Gasteiger partial charge in [0.25, 0.3) is 5.91 Å². The number of benzene rings is 2. The van der Waals surface area contributed by atoms with E-state index in [1.165, 1.54) is 16.1 Å². The van der Waals surface area contributed by atoms with Crippen LogP contribution in [-0.2, 0) is 14.8 Å². The standard InChI is InChI=1S/C22H27N3O4S2/c1-30-21-7-3-2-6-18(21)22(26)23-19-16-17(8-9-20(19)24-10-4-5-11-24)31(27,28)25-12-14-29-15-13-25/h2-3,6-9,16H,4-5,10-15H2,1H3,(H,23,26). The molecular formula is C22H27N3O4S2. The average Bonchev–Trinajstić information content (AvgIpc) is 3.34. The van der Waals surface area contributed by atoms with Gasteiger partial charge in [0.1, 0.15) is 0 Å². The number of ether oxygens (including phenoxy) is 1. The lowest BCUT2D eigenvalue weighted by Crippen LogP contribution is -2.40. The minimum absolute atomic E-state index is 0.186. The molecule has 2 aromatic rings. The summed E-state index contributed by atoms with van der Waals surface area (Å²) in [5.41, 5.74) is 1.95. The lowest BCUT2D eigenvalue weighted by atomic mass is 10.2. The summed E-state index contributed by atoms with van der Waals surface area (Å²) in [6.45, 7) is 3.22. The van der Waals surface area contributed by atoms with Crippen molar-refractivity contribution in [2.24, 2.45) is 0 Å². The SMILES string of the molecule is CSc1ccccc1C(=O)Nc1cc(S(=O)(=O)N2CCOCC2)ccc1N1CCCC1. The summed E-state index contributed by atoms with van der Waals surface area (Å²) >= 11 is 1.50. The Morgan fingerprint density at radius 1 is 1.03 bits per heavy atom. The summed E-state index contributed by atoms with van der Waals surface area (Å²) in [5, 5.41) is 2.99. The van der Waals surface area contributed by atoms with Crippen molar-refractivity contribution in [3.05, 3.63) is 48.0 Å². The van der Waals surface area contributed by atoms with Crippen LogP contribution in [0.15, 0.2) is 52.3 Å². The molecule has 1 amide bonds. The number of rotatable bonds is 6. The maximum atomic E-state index is 13.2. The molecule has 31 heavy (non-hydrogen) atoms. The first-order chi connectivity index (χ1) is 15.0. The highest BCUT2D eigenvalue weighted by molar-refractivity contribution is 7.98. The van der Waals surface area contributed by atoms with Crippen LogP contribution in [0.2, 0.25) is 0 Å². The summed E-state index contributed by atoms with van der Waals surface area (Å²) in [4.78, 5) is 16.4. The zero-order valence-corrected chi connectivity index (χ0v) is 19.2. The molecule has 7 nitrogen and oxygen atoms in total. The lowest BCUT2D eigenvalue weighted by Gasteiger charge is -2.27. The van der Waals surface area contributed by atoms with Crippen molar-refractivity contribution < 1.29 is 17.9 Å². The molecule has 2 aromatic carbocycles. The summed E-state index contributed by atoms with van der Waals surface area (Å²) < 4.78 is 33.1. The Balaban J connectivity index is 1.69. The minimum Gasteiger partial charge on any atom is -0.379 e. The molecule has 0 unspecified atom stereocenters. The van der Waals surface area contributed by atoms with Crippen LogP contribution in [0.25, 0.3) is 0 Å². The molecule has 166 valence electrons. The first-order valence-corrected chi connectivity index (χ1v) is 13.1. The molecule has 0 saturated carbocycles. The maximum Gasteiger partial charge on any atom is 0.256 e. The first-order valence-electron chi connectivity index (χ1n) is 10.4. The third-order valence-corrected chi connectivity index (χ3v) is 8.31. The molecular weight excluding hydrogens is 434 g/mol. The van der Waals surface area contributed by atoms with Crippen molar-refractivity contribution >= 4 is 39.1 Å². The molecule has 0 radical (unpaired) electrons. The zero-order valence-electron chi connectivity index (χ0n) is 17.5. The lowest BCUT2D eigenvalue weighted by molar-refractivity contribution is 0.0730. The van der Waals surface area contributed by atoms with Crippen LogP contribution in [0.3, 0.4) is 0 Å². The number of hydrogen-bond donors (Lipinski definition) is 1. The number of anilines is 2. The number of morpholine rings is 1. The smallest absolute Gasteiger partial charge is 0.256 e. The minimum atomic E-state index is -3.66. The van der Waals surface area contributed by atoms with Gasteiger partial charge in [0, 0.05) is 31.1 Å². The highest BCUT2D eigenvalue weighted by Gasteiger charge is 2.28. The normalized spacial score (nSPS) is 17.6. The van der Waals surface area contributed by atoms with Gasteiger partial charge in [-0.2, -0.15) is 4.31 Å². The zero-order chi connectivity index (χ0) is 21.8. The van der Waals surface area contributed by atoms with E-state index in [9.17, 15) is 13.2 Å². The van der Waals surface area contributed by atoms with Gasteiger partial charge in [-0.05, 0) is 49.4 Å². The van der Waals surface area contributed by atoms with Gasteiger partial charge >= 0.3 is 0 Å². The van der Waals surface area contributed by atoms with Gasteiger partial charge in [0.2, 0.25) is 10.0 Å². The van der Waals surface area contributed by atoms with Crippen molar-refractivity contribution in [2.75, 3.05) is 55.9 Å². The van der Waals surface area contributed by atoms with Gasteiger partial charge in [-0.25, -0.2) is 8.42 Å². The van der Waals surface area contributed by atoms with Crippen LogP contribution in [0, 0.1) is 0 Å². The number of amides is 1. The molecule has 0 spiro atoms. The van der Waals surface area contributed by atoms with E-state index >= 15 is 0 Å². The van der Waals surface area contributed by atoms with E-state index in [0.717, 1.165) is 36.5 Å². The molecule has 0 atom stereocenters. The maximum absolute atomic E-state index is 13.2. The quantitative estimate of drug-likeness (QED) is 0.665. The van der Waals surface area contributed by atoms with E-state index in [2.05, 4.69) is 10.2 Å². The van der Waals surface area contributed by atoms with Crippen LogP contribution in [-0.4, -0.2) is 64.3 Å². The molecule has 2 fully saturated rings. The summed E-state index contributed by atoms with van der Waals surface area (Å²) in [5.74, 6) is -0.244. The van der Waals surface area contributed by atoms with Crippen molar-refractivity contribution in [1.82, 2.24) is 4.31 Å². The number of nitrogens with zero attached hydrogens (tertiary/aromatic N) is 2. The number of sulfonamides is 1. The number of thioether (sulfide) groups is 1. The monoisotopic (exact) mass is 461 g/mol. The molecule has 2 aliphatic rings. The summed E-state index contributed by atoms with van der Waals surface area (Å²) in [6, 6.07) is 12.5. The second kappa shape index (κ2) is 9.60. The highest BCUT2D eigenvalue weighted by atomic mass is 32.2. The first kappa shape index (κ1) is 22.1. The molecule has 0 bridgehead atoms. The van der Waals surface area contributed by atoms with Crippen molar-refractivity contribution in [3.63, 3.8) is 0 Å². The number of nitrogens with one attached hydrogen (secondary N) is 1. The highest BCUT2D eigenvalue weighted by Crippen LogP contribution is 2.33. The predicted molar refractivity (Wildman–Crippen MR) is 124 cm³/mol. The van der Waals surface area contributed by atoms with Crippen LogP contribution >= 0.6 is 11.8 Å². The van der Waals surface area contributed by atoms with E-state index < -0.39 is 10.0 Å². The Hall–Kier alpha value is -2.07. The average molecular weight is 462 g/mol. The topological polar surface area (TPSA) is 79.0 Å². The number of hydrogen-bond acceptors (Lipinski definition) is 6. The summed E-state index contributed by atoms with van der Waals surface area (Å²) in [7, 11) is -3.66. The molecule has 2 heterocycles. The van der Waals surface area contributed by atoms with Gasteiger partial charge in [-0.3, -0.25) is 4.79 Å². The Labute approximate surface area is 187 Å². The van der Waals surface area contributed by atoms with Crippen LogP contribution in [0.4, 0.5) is 11.4 Å². The third kappa shape index (κ3) is 4.74. The summed E-state index contributed by atoms with van der Waals surface area (Å²) in [6.07, 6.45) is 4.09. The Morgan fingerprint density at radius 3 is 2.45 bits per heavy atom. The molecule has 2 saturated heterocycles. The van der Waals surface area contributed by atoms with Crippen molar-refractivity contribution in [1.29, 1.82) is 0 Å². The van der Waals surface area contributed by atoms with Crippen LogP contribution in [0.1, 0.15) is 23.2 Å². The Kier molecular flexibility index (Phi) is 6.86. The van der Waals surface area contributed by atoms with Gasteiger partial charge in [0.05, 0.1) is 35.0 Å². The Bertz CT molecular complexity index is 1050.